The molecule has 4 aromatic heterocycles. The predicted molar refractivity (Wildman–Crippen MR) is 122 cm³/mol. The van der Waals surface area contributed by atoms with E-state index in [-0.39, 0.29) is 5.91 Å². The van der Waals surface area contributed by atoms with Gasteiger partial charge in [-0.25, -0.2) is 15.0 Å². The van der Waals surface area contributed by atoms with E-state index in [2.05, 4.69) is 25.6 Å². The van der Waals surface area contributed by atoms with Crippen molar-refractivity contribution in [1.82, 2.24) is 29.8 Å². The molecule has 5 aromatic rings. The molecule has 0 atom stereocenters. The first kappa shape index (κ1) is 19.1. The third-order valence-electron chi connectivity index (χ3n) is 4.99. The molecule has 0 radical (unpaired) electrons. The molecule has 8 nitrogen and oxygen atoms in total. The molecule has 4 heterocycles. The van der Waals surface area contributed by atoms with E-state index in [1.54, 1.807) is 42.1 Å². The van der Waals surface area contributed by atoms with Gasteiger partial charge in [0, 0.05) is 32.4 Å². The Labute approximate surface area is 182 Å². The number of anilines is 1. The smallest absolute Gasteiger partial charge is 0.270 e. The van der Waals surface area contributed by atoms with Gasteiger partial charge in [0.15, 0.2) is 11.5 Å². The first-order chi connectivity index (χ1) is 15.1. The van der Waals surface area contributed by atoms with Crippen LogP contribution < -0.4 is 10.6 Å². The number of benzene rings is 1. The molecule has 0 aliphatic heterocycles. The first-order valence-electron chi connectivity index (χ1n) is 9.72. The molecule has 1 amide bonds. The fourth-order valence-electron chi connectivity index (χ4n) is 3.41. The van der Waals surface area contributed by atoms with E-state index in [4.69, 9.17) is 4.98 Å². The molecule has 0 saturated carbocycles. The summed E-state index contributed by atoms with van der Waals surface area (Å²) in [4.78, 5) is 30.1. The maximum atomic E-state index is 12.2. The van der Waals surface area contributed by atoms with E-state index in [1.807, 2.05) is 42.9 Å². The molecule has 1 aromatic carbocycles. The lowest BCUT2D eigenvalue weighted by Gasteiger charge is -2.05. The van der Waals surface area contributed by atoms with Crippen LogP contribution in [0.5, 0.6) is 0 Å². The summed E-state index contributed by atoms with van der Waals surface area (Å²) in [6, 6.07) is 13.3. The van der Waals surface area contributed by atoms with Gasteiger partial charge >= 0.3 is 0 Å². The molecule has 0 unspecified atom stereocenters. The summed E-state index contributed by atoms with van der Waals surface area (Å²) in [5.74, 6) is 0.529. The van der Waals surface area contributed by atoms with Gasteiger partial charge in [-0.15, -0.1) is 11.3 Å². The highest BCUT2D eigenvalue weighted by atomic mass is 32.1. The van der Waals surface area contributed by atoms with Gasteiger partial charge in [-0.2, -0.15) is 0 Å². The molecule has 9 heteroatoms. The molecule has 0 bridgehead atoms. The fraction of sp³-hybridized carbons (Fsp3) is 0.136. The molecule has 0 aliphatic rings. The number of rotatable bonds is 5. The summed E-state index contributed by atoms with van der Waals surface area (Å²) in [6.45, 7) is 0.429. The van der Waals surface area contributed by atoms with Crippen LogP contribution in [0.2, 0.25) is 0 Å². The minimum Gasteiger partial charge on any atom is -0.371 e. The number of aryl methyl sites for hydroxylation is 1. The van der Waals surface area contributed by atoms with Crippen molar-refractivity contribution in [2.75, 3.05) is 12.4 Å². The highest BCUT2D eigenvalue weighted by molar-refractivity contribution is 7.22. The molecule has 5 rings (SSSR count). The Morgan fingerprint density at radius 3 is 2.68 bits per heavy atom. The van der Waals surface area contributed by atoms with Gasteiger partial charge in [0.2, 0.25) is 0 Å². The second kappa shape index (κ2) is 7.77. The SMILES string of the molecule is CNc1nc2nc(-c3ccc(CNC(=O)c4ccccn4)cc3)sc2c2c1ncn2C. The average Bonchev–Trinajstić information content (AvgIpc) is 3.41. The van der Waals surface area contributed by atoms with Crippen LogP contribution in [0.4, 0.5) is 5.82 Å². The van der Waals surface area contributed by atoms with Crippen molar-refractivity contribution in [2.24, 2.45) is 7.05 Å². The average molecular weight is 430 g/mol. The molecule has 2 N–H and O–H groups in total. The number of hydrogen-bond acceptors (Lipinski definition) is 7. The Balaban J connectivity index is 1.40. The number of pyridine rings is 2. The van der Waals surface area contributed by atoms with E-state index in [1.165, 1.54) is 0 Å². The topological polar surface area (TPSA) is 97.6 Å². The molecule has 31 heavy (non-hydrogen) atoms. The van der Waals surface area contributed by atoms with E-state index in [0.29, 0.717) is 17.9 Å². The van der Waals surface area contributed by atoms with E-state index < -0.39 is 0 Å². The molecule has 154 valence electrons. The summed E-state index contributed by atoms with van der Waals surface area (Å²) >= 11 is 1.60. The minimum atomic E-state index is -0.192. The van der Waals surface area contributed by atoms with E-state index >= 15 is 0 Å². The van der Waals surface area contributed by atoms with Gasteiger partial charge in [0.25, 0.3) is 5.91 Å². The van der Waals surface area contributed by atoms with Crippen molar-refractivity contribution in [3.63, 3.8) is 0 Å². The largest absolute Gasteiger partial charge is 0.371 e. The summed E-state index contributed by atoms with van der Waals surface area (Å²) in [7, 11) is 3.81. The zero-order chi connectivity index (χ0) is 21.4. The standard InChI is InChI=1S/C22H19N7OS/c1-23-19-16-17(29(2)12-26-16)18-20(27-19)28-22(31-18)14-8-6-13(7-9-14)11-25-21(30)15-5-3-4-10-24-15/h3-10,12H,11H2,1-2H3,(H,23,27)(H,25,30). The molecular weight excluding hydrogens is 410 g/mol. The second-order valence-corrected chi connectivity index (χ2v) is 8.03. The van der Waals surface area contributed by atoms with Crippen molar-refractivity contribution >= 4 is 44.4 Å². The second-order valence-electron chi connectivity index (χ2n) is 7.03. The predicted octanol–water partition coefficient (Wildman–Crippen LogP) is 3.61. The normalized spacial score (nSPS) is 11.2. The highest BCUT2D eigenvalue weighted by Gasteiger charge is 2.17. The van der Waals surface area contributed by atoms with Crippen molar-refractivity contribution in [3.05, 3.63) is 66.2 Å². The number of carbonyl (C=O) groups excluding carboxylic acids is 1. The van der Waals surface area contributed by atoms with Crippen molar-refractivity contribution in [1.29, 1.82) is 0 Å². The zero-order valence-corrected chi connectivity index (χ0v) is 17.8. The van der Waals surface area contributed by atoms with E-state index in [9.17, 15) is 4.79 Å². The lowest BCUT2D eigenvalue weighted by Crippen LogP contribution is -2.23. The number of nitrogens with zero attached hydrogens (tertiary/aromatic N) is 5. The van der Waals surface area contributed by atoms with Crippen LogP contribution in [-0.4, -0.2) is 37.5 Å². The summed E-state index contributed by atoms with van der Waals surface area (Å²) < 4.78 is 3.01. The third kappa shape index (κ3) is 3.49. The summed E-state index contributed by atoms with van der Waals surface area (Å²) in [5.41, 5.74) is 4.97. The van der Waals surface area contributed by atoms with Gasteiger partial charge in [0.1, 0.15) is 20.9 Å². The van der Waals surface area contributed by atoms with E-state index in [0.717, 1.165) is 37.7 Å². The number of imidazole rings is 1. The van der Waals surface area contributed by atoms with Crippen LogP contribution in [-0.2, 0) is 13.6 Å². The molecule has 0 fully saturated rings. The van der Waals surface area contributed by atoms with Crippen LogP contribution >= 0.6 is 11.3 Å². The quantitative estimate of drug-likeness (QED) is 0.443. The van der Waals surface area contributed by atoms with Crippen molar-refractivity contribution in [3.8, 4) is 10.6 Å². The van der Waals surface area contributed by atoms with Crippen molar-refractivity contribution < 1.29 is 4.79 Å². The number of amides is 1. The van der Waals surface area contributed by atoms with Crippen LogP contribution in [0, 0.1) is 0 Å². The molecule has 0 saturated heterocycles. The van der Waals surface area contributed by atoms with Crippen LogP contribution in [0.15, 0.2) is 55.0 Å². The molecular formula is C22H19N7OS. The first-order valence-corrected chi connectivity index (χ1v) is 10.5. The zero-order valence-electron chi connectivity index (χ0n) is 17.0. The van der Waals surface area contributed by atoms with Crippen LogP contribution in [0.3, 0.4) is 0 Å². The Morgan fingerprint density at radius 1 is 1.10 bits per heavy atom. The monoisotopic (exact) mass is 429 g/mol. The Hall–Kier alpha value is -3.85. The molecule has 0 aliphatic carbocycles. The van der Waals surface area contributed by atoms with Gasteiger partial charge in [-0.1, -0.05) is 30.3 Å². The maximum Gasteiger partial charge on any atom is 0.270 e. The Morgan fingerprint density at radius 2 is 1.94 bits per heavy atom. The van der Waals surface area contributed by atoms with Gasteiger partial charge in [-0.3, -0.25) is 9.78 Å². The maximum absolute atomic E-state index is 12.2. The summed E-state index contributed by atoms with van der Waals surface area (Å²) in [6.07, 6.45) is 3.40. The van der Waals surface area contributed by atoms with Crippen LogP contribution in [0.25, 0.3) is 32.0 Å². The number of thiazole rings is 1. The van der Waals surface area contributed by atoms with Gasteiger partial charge in [0.05, 0.1) is 11.8 Å². The Kier molecular flexibility index (Phi) is 4.79. The third-order valence-corrected chi connectivity index (χ3v) is 6.09. The Bertz CT molecular complexity index is 1390. The molecule has 0 spiro atoms. The van der Waals surface area contributed by atoms with Gasteiger partial charge in [-0.05, 0) is 17.7 Å². The number of hydrogen-bond donors (Lipinski definition) is 2. The fourth-order valence-corrected chi connectivity index (χ4v) is 4.50. The number of aromatic nitrogens is 5. The lowest BCUT2D eigenvalue weighted by molar-refractivity contribution is 0.0946. The number of carbonyl (C=O) groups is 1. The van der Waals surface area contributed by atoms with Crippen LogP contribution in [0.1, 0.15) is 16.1 Å². The number of nitrogens with one attached hydrogen (secondary N) is 2. The number of fused-ring (bicyclic) bond motifs is 3. The summed E-state index contributed by atoms with van der Waals surface area (Å²) in [5, 5.41) is 6.89. The van der Waals surface area contributed by atoms with Crippen molar-refractivity contribution in [2.45, 2.75) is 6.54 Å². The minimum absolute atomic E-state index is 0.192. The van der Waals surface area contributed by atoms with Gasteiger partial charge < -0.3 is 15.2 Å². The lowest BCUT2D eigenvalue weighted by atomic mass is 10.1. The highest BCUT2D eigenvalue weighted by Crippen LogP contribution is 2.35.